The van der Waals surface area contributed by atoms with Crippen LogP contribution in [0.5, 0.6) is 0 Å². The van der Waals surface area contributed by atoms with Crippen LogP contribution >= 0.6 is 11.6 Å². The van der Waals surface area contributed by atoms with Gasteiger partial charge in [0.25, 0.3) is 10.0 Å². The molecule has 21 heavy (non-hydrogen) atoms. The Hall–Kier alpha value is -1.63. The van der Waals surface area contributed by atoms with Gasteiger partial charge in [-0.05, 0) is 42.4 Å². The van der Waals surface area contributed by atoms with Crippen LogP contribution in [-0.4, -0.2) is 19.9 Å². The highest BCUT2D eigenvalue weighted by molar-refractivity contribution is 7.92. The Balaban J connectivity index is 2.27. The maximum atomic E-state index is 12.3. The molecule has 0 saturated carbocycles. The zero-order valence-electron chi connectivity index (χ0n) is 11.5. The molecule has 0 amide bonds. The topological polar surface area (TPSA) is 71.1 Å². The fraction of sp³-hybridized carbons (Fsp3) is 0.214. The molecular formula is C14H16ClN3O2S. The van der Waals surface area contributed by atoms with E-state index in [4.69, 9.17) is 11.6 Å². The Morgan fingerprint density at radius 2 is 2.10 bits per heavy atom. The standard InChI is InChI=1S/C14H16ClN3O2S/c1-2-16-9-11-8-13(5-6-14(11)15)21(19,20)18-12-4-3-7-17-10-12/h3-8,10,16,18H,2,9H2,1H3. The average molecular weight is 326 g/mol. The van der Waals surface area contributed by atoms with E-state index in [1.54, 1.807) is 30.5 Å². The van der Waals surface area contributed by atoms with Crippen molar-refractivity contribution in [2.75, 3.05) is 11.3 Å². The molecule has 2 rings (SSSR count). The molecule has 112 valence electrons. The number of benzene rings is 1. The highest BCUT2D eigenvalue weighted by Gasteiger charge is 2.16. The Kier molecular flexibility index (Phi) is 5.17. The number of hydrogen-bond donors (Lipinski definition) is 2. The predicted molar refractivity (Wildman–Crippen MR) is 83.9 cm³/mol. The van der Waals surface area contributed by atoms with E-state index in [9.17, 15) is 8.42 Å². The van der Waals surface area contributed by atoms with Crippen molar-refractivity contribution in [3.8, 4) is 0 Å². The molecule has 0 atom stereocenters. The molecular weight excluding hydrogens is 310 g/mol. The van der Waals surface area contributed by atoms with Crippen molar-refractivity contribution in [3.63, 3.8) is 0 Å². The zero-order valence-corrected chi connectivity index (χ0v) is 13.1. The van der Waals surface area contributed by atoms with Crippen LogP contribution < -0.4 is 10.0 Å². The lowest BCUT2D eigenvalue weighted by Crippen LogP contribution is -2.15. The highest BCUT2D eigenvalue weighted by atomic mass is 35.5. The number of rotatable bonds is 6. The fourth-order valence-corrected chi connectivity index (χ4v) is 3.03. The number of aromatic nitrogens is 1. The second-order valence-corrected chi connectivity index (χ2v) is 6.47. The number of hydrogen-bond acceptors (Lipinski definition) is 4. The minimum atomic E-state index is -3.65. The number of nitrogens with zero attached hydrogens (tertiary/aromatic N) is 1. The van der Waals surface area contributed by atoms with Gasteiger partial charge in [0.2, 0.25) is 0 Å². The van der Waals surface area contributed by atoms with Crippen molar-refractivity contribution >= 4 is 27.3 Å². The molecule has 2 N–H and O–H groups in total. The smallest absolute Gasteiger partial charge is 0.261 e. The predicted octanol–water partition coefficient (Wildman–Crippen LogP) is 2.65. The Bertz CT molecular complexity index is 705. The van der Waals surface area contributed by atoms with Crippen molar-refractivity contribution < 1.29 is 8.42 Å². The van der Waals surface area contributed by atoms with Crippen LogP contribution in [0.15, 0.2) is 47.6 Å². The Morgan fingerprint density at radius 3 is 2.76 bits per heavy atom. The van der Waals surface area contributed by atoms with Crippen LogP contribution in [0.4, 0.5) is 5.69 Å². The third-order valence-corrected chi connectivity index (χ3v) is 4.55. The number of nitrogens with one attached hydrogen (secondary N) is 2. The van der Waals surface area contributed by atoms with Crippen molar-refractivity contribution in [2.24, 2.45) is 0 Å². The molecule has 0 aliphatic rings. The summed E-state index contributed by atoms with van der Waals surface area (Å²) in [6, 6.07) is 7.95. The Morgan fingerprint density at radius 1 is 1.29 bits per heavy atom. The summed E-state index contributed by atoms with van der Waals surface area (Å²) in [6.07, 6.45) is 3.03. The first-order chi connectivity index (χ1) is 10.0. The molecule has 1 heterocycles. The number of anilines is 1. The summed E-state index contributed by atoms with van der Waals surface area (Å²) in [5.41, 5.74) is 1.16. The van der Waals surface area contributed by atoms with Crippen molar-refractivity contribution in [2.45, 2.75) is 18.4 Å². The van der Waals surface area contributed by atoms with Gasteiger partial charge in [-0.15, -0.1) is 0 Å². The summed E-state index contributed by atoms with van der Waals surface area (Å²) in [5, 5.41) is 3.66. The third-order valence-electron chi connectivity index (χ3n) is 2.81. The van der Waals surface area contributed by atoms with E-state index >= 15 is 0 Å². The van der Waals surface area contributed by atoms with Crippen LogP contribution in [0, 0.1) is 0 Å². The van der Waals surface area contributed by atoms with Gasteiger partial charge in [0.1, 0.15) is 0 Å². The van der Waals surface area contributed by atoms with E-state index in [-0.39, 0.29) is 4.90 Å². The summed E-state index contributed by atoms with van der Waals surface area (Å²) in [7, 11) is -3.65. The Labute approximate surface area is 129 Å². The lowest BCUT2D eigenvalue weighted by atomic mass is 10.2. The molecule has 2 aromatic rings. The van der Waals surface area contributed by atoms with Gasteiger partial charge < -0.3 is 5.32 Å². The van der Waals surface area contributed by atoms with Gasteiger partial charge in [0.15, 0.2) is 0 Å². The lowest BCUT2D eigenvalue weighted by Gasteiger charge is -2.10. The molecule has 0 spiro atoms. The summed E-state index contributed by atoms with van der Waals surface area (Å²) >= 11 is 6.08. The van der Waals surface area contributed by atoms with Crippen molar-refractivity contribution in [1.29, 1.82) is 0 Å². The lowest BCUT2D eigenvalue weighted by molar-refractivity contribution is 0.601. The van der Waals surface area contributed by atoms with E-state index in [1.165, 1.54) is 12.3 Å². The molecule has 0 radical (unpaired) electrons. The van der Waals surface area contributed by atoms with E-state index in [1.807, 2.05) is 6.92 Å². The van der Waals surface area contributed by atoms with E-state index in [0.717, 1.165) is 12.1 Å². The normalized spacial score (nSPS) is 11.3. The minimum Gasteiger partial charge on any atom is -0.313 e. The molecule has 5 nitrogen and oxygen atoms in total. The molecule has 0 fully saturated rings. The summed E-state index contributed by atoms with van der Waals surface area (Å²) in [5.74, 6) is 0. The molecule has 0 saturated heterocycles. The summed E-state index contributed by atoms with van der Waals surface area (Å²) in [6.45, 7) is 3.27. The minimum absolute atomic E-state index is 0.170. The number of pyridine rings is 1. The first-order valence-corrected chi connectivity index (χ1v) is 8.31. The molecule has 7 heteroatoms. The number of halogens is 1. The summed E-state index contributed by atoms with van der Waals surface area (Å²) in [4.78, 5) is 4.05. The van der Waals surface area contributed by atoms with Gasteiger partial charge in [0.05, 0.1) is 16.8 Å². The molecule has 0 unspecified atom stereocenters. The van der Waals surface area contributed by atoms with Gasteiger partial charge in [0, 0.05) is 17.8 Å². The van der Waals surface area contributed by atoms with Gasteiger partial charge in [-0.1, -0.05) is 18.5 Å². The molecule has 0 aliphatic heterocycles. The van der Waals surface area contributed by atoms with Crippen LogP contribution in [-0.2, 0) is 16.6 Å². The molecule has 1 aromatic carbocycles. The maximum Gasteiger partial charge on any atom is 0.261 e. The van der Waals surface area contributed by atoms with Crippen LogP contribution in [0.1, 0.15) is 12.5 Å². The fourth-order valence-electron chi connectivity index (χ4n) is 1.75. The van der Waals surface area contributed by atoms with Crippen molar-refractivity contribution in [3.05, 3.63) is 53.3 Å². The van der Waals surface area contributed by atoms with Crippen molar-refractivity contribution in [1.82, 2.24) is 10.3 Å². The van der Waals surface area contributed by atoms with E-state index < -0.39 is 10.0 Å². The zero-order chi connectivity index (χ0) is 15.3. The summed E-state index contributed by atoms with van der Waals surface area (Å²) < 4.78 is 27.2. The molecule has 0 aliphatic carbocycles. The van der Waals surface area contributed by atoms with E-state index in [0.29, 0.717) is 17.3 Å². The third kappa shape index (κ3) is 4.17. The van der Waals surface area contributed by atoms with Gasteiger partial charge in [-0.25, -0.2) is 8.42 Å². The van der Waals surface area contributed by atoms with Crippen LogP contribution in [0.25, 0.3) is 0 Å². The SMILES string of the molecule is CCNCc1cc(S(=O)(=O)Nc2cccnc2)ccc1Cl. The second-order valence-electron chi connectivity index (χ2n) is 4.38. The maximum absolute atomic E-state index is 12.3. The van der Waals surface area contributed by atoms with Crippen LogP contribution in [0.2, 0.25) is 5.02 Å². The van der Waals surface area contributed by atoms with Crippen LogP contribution in [0.3, 0.4) is 0 Å². The highest BCUT2D eigenvalue weighted by Crippen LogP contribution is 2.22. The quantitative estimate of drug-likeness (QED) is 0.856. The first-order valence-electron chi connectivity index (χ1n) is 6.45. The largest absolute Gasteiger partial charge is 0.313 e. The monoisotopic (exact) mass is 325 g/mol. The van der Waals surface area contributed by atoms with E-state index in [2.05, 4.69) is 15.0 Å². The van der Waals surface area contributed by atoms with Gasteiger partial charge >= 0.3 is 0 Å². The second kappa shape index (κ2) is 6.89. The average Bonchev–Trinajstić information content (AvgIpc) is 2.47. The first kappa shape index (κ1) is 15.8. The number of sulfonamides is 1. The van der Waals surface area contributed by atoms with Gasteiger partial charge in [-0.3, -0.25) is 9.71 Å². The molecule has 1 aromatic heterocycles. The van der Waals surface area contributed by atoms with Gasteiger partial charge in [-0.2, -0.15) is 0 Å². The molecule has 0 bridgehead atoms.